The van der Waals surface area contributed by atoms with Gasteiger partial charge in [0.05, 0.1) is 11.4 Å². The third-order valence-electron chi connectivity index (χ3n) is 3.68. The molecule has 0 unspecified atom stereocenters. The molecule has 1 aromatic rings. The summed E-state index contributed by atoms with van der Waals surface area (Å²) in [6.07, 6.45) is 3.32. The summed E-state index contributed by atoms with van der Waals surface area (Å²) in [5.41, 5.74) is 6.55. The van der Waals surface area contributed by atoms with E-state index in [2.05, 4.69) is 17.0 Å². The monoisotopic (exact) mass is 274 g/mol. The van der Waals surface area contributed by atoms with Crippen molar-refractivity contribution in [2.45, 2.75) is 32.8 Å². The van der Waals surface area contributed by atoms with Crippen LogP contribution in [0.3, 0.4) is 0 Å². The summed E-state index contributed by atoms with van der Waals surface area (Å²) in [7, 11) is 0. The average molecular weight is 274 g/mol. The first-order chi connectivity index (χ1) is 8.96. The van der Waals surface area contributed by atoms with Crippen LogP contribution in [0.4, 0.5) is 24.5 Å². The highest BCUT2D eigenvalue weighted by Crippen LogP contribution is 2.48. The highest BCUT2D eigenvalue weighted by molar-refractivity contribution is 5.68. The Morgan fingerprint density at radius 1 is 1.42 bits per heavy atom. The van der Waals surface area contributed by atoms with Crippen molar-refractivity contribution in [2.24, 2.45) is 5.41 Å². The lowest BCUT2D eigenvalue weighted by Crippen LogP contribution is -2.15. The zero-order valence-corrected chi connectivity index (χ0v) is 10.7. The van der Waals surface area contributed by atoms with Gasteiger partial charge in [0.2, 0.25) is 0 Å². The number of anilines is 2. The minimum atomic E-state index is -3.06. The number of rotatable bonds is 6. The summed E-state index contributed by atoms with van der Waals surface area (Å²) in [6, 6.07) is 2.17. The van der Waals surface area contributed by atoms with Crippen molar-refractivity contribution in [3.8, 4) is 5.75 Å². The van der Waals surface area contributed by atoms with Crippen molar-refractivity contribution >= 4 is 11.4 Å². The third-order valence-corrected chi connectivity index (χ3v) is 3.68. The van der Waals surface area contributed by atoms with E-state index < -0.39 is 18.2 Å². The number of benzene rings is 1. The molecule has 2 rings (SSSR count). The molecule has 1 aliphatic rings. The molecule has 1 saturated carbocycles. The molecule has 0 atom stereocenters. The van der Waals surface area contributed by atoms with Crippen molar-refractivity contribution in [1.82, 2.24) is 0 Å². The standard InChI is InChI=1S/C13H17F3N2O/c1-2-13(3-4-13)7-18-10-6-11(19-12(15)16)8(14)5-9(10)17/h5-6,12,18H,2-4,7,17H2,1H3. The Kier molecular flexibility index (Phi) is 3.78. The second kappa shape index (κ2) is 5.19. The van der Waals surface area contributed by atoms with Crippen LogP contribution in [-0.4, -0.2) is 13.2 Å². The number of nitrogens with two attached hydrogens (primary N) is 1. The predicted molar refractivity (Wildman–Crippen MR) is 67.9 cm³/mol. The topological polar surface area (TPSA) is 47.3 Å². The van der Waals surface area contributed by atoms with E-state index in [1.165, 1.54) is 6.07 Å². The van der Waals surface area contributed by atoms with Gasteiger partial charge in [-0.1, -0.05) is 6.92 Å². The van der Waals surface area contributed by atoms with Gasteiger partial charge in [0.25, 0.3) is 0 Å². The van der Waals surface area contributed by atoms with Gasteiger partial charge in [0.15, 0.2) is 11.6 Å². The number of halogens is 3. The van der Waals surface area contributed by atoms with Gasteiger partial charge < -0.3 is 15.8 Å². The van der Waals surface area contributed by atoms with Crippen molar-refractivity contribution < 1.29 is 17.9 Å². The molecule has 0 heterocycles. The van der Waals surface area contributed by atoms with Crippen molar-refractivity contribution in [3.05, 3.63) is 17.9 Å². The smallest absolute Gasteiger partial charge is 0.387 e. The molecule has 1 aliphatic carbocycles. The maximum absolute atomic E-state index is 13.4. The van der Waals surface area contributed by atoms with Crippen LogP contribution in [0.15, 0.2) is 12.1 Å². The zero-order chi connectivity index (χ0) is 14.0. The minimum Gasteiger partial charge on any atom is -0.432 e. The van der Waals surface area contributed by atoms with Crippen LogP contribution in [0, 0.1) is 11.2 Å². The van der Waals surface area contributed by atoms with E-state index in [0.717, 1.165) is 25.3 Å². The van der Waals surface area contributed by atoms with Gasteiger partial charge in [0.1, 0.15) is 0 Å². The lowest BCUT2D eigenvalue weighted by atomic mass is 10.0. The molecular weight excluding hydrogens is 257 g/mol. The van der Waals surface area contributed by atoms with Crippen LogP contribution in [0.2, 0.25) is 0 Å². The van der Waals surface area contributed by atoms with Crippen LogP contribution < -0.4 is 15.8 Å². The minimum absolute atomic E-state index is 0.186. The first-order valence-electron chi connectivity index (χ1n) is 6.23. The Balaban J connectivity index is 2.10. The number of ether oxygens (including phenoxy) is 1. The van der Waals surface area contributed by atoms with E-state index in [4.69, 9.17) is 5.73 Å². The molecule has 0 amide bonds. The van der Waals surface area contributed by atoms with Crippen molar-refractivity contribution in [1.29, 1.82) is 0 Å². The van der Waals surface area contributed by atoms with Crippen LogP contribution in [0.1, 0.15) is 26.2 Å². The molecule has 106 valence electrons. The van der Waals surface area contributed by atoms with E-state index >= 15 is 0 Å². The second-order valence-corrected chi connectivity index (χ2v) is 4.96. The summed E-state index contributed by atoms with van der Waals surface area (Å²) in [5.74, 6) is -1.38. The van der Waals surface area contributed by atoms with E-state index in [1.807, 2.05) is 0 Å². The normalized spacial score (nSPS) is 16.5. The lowest BCUT2D eigenvalue weighted by Gasteiger charge is -2.17. The average Bonchev–Trinajstić information content (AvgIpc) is 3.11. The Bertz CT molecular complexity index is 461. The summed E-state index contributed by atoms with van der Waals surface area (Å²) in [5, 5.41) is 3.09. The third kappa shape index (κ3) is 3.24. The van der Waals surface area contributed by atoms with E-state index in [9.17, 15) is 13.2 Å². The molecule has 1 fully saturated rings. The van der Waals surface area contributed by atoms with Crippen LogP contribution in [0.25, 0.3) is 0 Å². The maximum atomic E-state index is 13.4. The molecule has 0 aromatic heterocycles. The van der Waals surface area contributed by atoms with Crippen LogP contribution >= 0.6 is 0 Å². The molecule has 0 aliphatic heterocycles. The van der Waals surface area contributed by atoms with Gasteiger partial charge in [0, 0.05) is 18.7 Å². The highest BCUT2D eigenvalue weighted by atomic mass is 19.3. The molecular formula is C13H17F3N2O. The lowest BCUT2D eigenvalue weighted by molar-refractivity contribution is -0.0521. The van der Waals surface area contributed by atoms with Crippen molar-refractivity contribution in [3.63, 3.8) is 0 Å². The van der Waals surface area contributed by atoms with Gasteiger partial charge in [-0.15, -0.1) is 0 Å². The first-order valence-corrected chi connectivity index (χ1v) is 6.23. The fraction of sp³-hybridized carbons (Fsp3) is 0.538. The molecule has 1 aromatic carbocycles. The van der Waals surface area contributed by atoms with E-state index in [1.54, 1.807) is 0 Å². The molecule has 3 nitrogen and oxygen atoms in total. The molecule has 0 saturated heterocycles. The molecule has 0 radical (unpaired) electrons. The second-order valence-electron chi connectivity index (χ2n) is 4.96. The molecule has 0 spiro atoms. The largest absolute Gasteiger partial charge is 0.432 e. The summed E-state index contributed by atoms with van der Waals surface area (Å²) >= 11 is 0. The summed E-state index contributed by atoms with van der Waals surface area (Å²) < 4.78 is 41.8. The Morgan fingerprint density at radius 2 is 2.11 bits per heavy atom. The van der Waals surface area contributed by atoms with Gasteiger partial charge in [-0.25, -0.2) is 4.39 Å². The number of hydrogen-bond donors (Lipinski definition) is 2. The Hall–Kier alpha value is -1.59. The Labute approximate surface area is 109 Å². The summed E-state index contributed by atoms with van der Waals surface area (Å²) in [6.45, 7) is -0.252. The quantitative estimate of drug-likeness (QED) is 0.779. The zero-order valence-electron chi connectivity index (χ0n) is 10.7. The van der Waals surface area contributed by atoms with Crippen LogP contribution in [0.5, 0.6) is 5.75 Å². The molecule has 3 N–H and O–H groups in total. The van der Waals surface area contributed by atoms with Crippen LogP contribution in [-0.2, 0) is 0 Å². The number of nitrogen functional groups attached to an aromatic ring is 1. The van der Waals surface area contributed by atoms with Gasteiger partial charge in [-0.3, -0.25) is 0 Å². The van der Waals surface area contributed by atoms with Gasteiger partial charge in [-0.05, 0) is 24.7 Å². The number of alkyl halides is 2. The van der Waals surface area contributed by atoms with Gasteiger partial charge in [-0.2, -0.15) is 8.78 Å². The molecule has 6 heteroatoms. The summed E-state index contributed by atoms with van der Waals surface area (Å²) in [4.78, 5) is 0. The fourth-order valence-corrected chi connectivity index (χ4v) is 2.02. The number of nitrogens with one attached hydrogen (secondary N) is 1. The fourth-order valence-electron chi connectivity index (χ4n) is 2.02. The Morgan fingerprint density at radius 3 is 2.63 bits per heavy atom. The van der Waals surface area contributed by atoms with E-state index in [-0.39, 0.29) is 11.1 Å². The van der Waals surface area contributed by atoms with Crippen molar-refractivity contribution in [2.75, 3.05) is 17.6 Å². The maximum Gasteiger partial charge on any atom is 0.387 e. The number of hydrogen-bond acceptors (Lipinski definition) is 3. The first kappa shape index (κ1) is 13.8. The highest BCUT2D eigenvalue weighted by Gasteiger charge is 2.40. The molecule has 0 bridgehead atoms. The molecule has 19 heavy (non-hydrogen) atoms. The van der Waals surface area contributed by atoms with E-state index in [0.29, 0.717) is 12.2 Å². The SMILES string of the molecule is CCC1(CNc2cc(OC(F)F)c(F)cc2N)CC1. The van der Waals surface area contributed by atoms with Gasteiger partial charge >= 0.3 is 6.61 Å². The predicted octanol–water partition coefficient (Wildman–Crippen LogP) is 3.61.